The van der Waals surface area contributed by atoms with Crippen LogP contribution in [0.4, 0.5) is 8.78 Å². The number of nitrogens with two attached hydrogens (primary N) is 1. The van der Waals surface area contributed by atoms with Crippen molar-refractivity contribution in [1.82, 2.24) is 5.32 Å². The second kappa shape index (κ2) is 7.88. The van der Waals surface area contributed by atoms with Crippen LogP contribution in [-0.4, -0.2) is 12.5 Å². The Hall–Kier alpha value is -2.47. The van der Waals surface area contributed by atoms with E-state index in [0.29, 0.717) is 11.1 Å². The largest absolute Gasteiger partial charge is 0.435 e. The van der Waals surface area contributed by atoms with E-state index in [9.17, 15) is 13.6 Å². The van der Waals surface area contributed by atoms with Crippen LogP contribution >= 0.6 is 0 Å². The Bertz CT molecular complexity index is 690. The highest BCUT2D eigenvalue weighted by Crippen LogP contribution is 2.21. The molecule has 2 aromatic rings. The number of alkyl halides is 2. The minimum absolute atomic E-state index is 0.0476. The van der Waals surface area contributed by atoms with Gasteiger partial charge in [0.25, 0.3) is 0 Å². The van der Waals surface area contributed by atoms with Crippen LogP contribution in [0.3, 0.4) is 0 Å². The number of ether oxygens (including phenoxy) is 1. The first-order valence-corrected chi connectivity index (χ1v) is 7.54. The second-order valence-corrected chi connectivity index (χ2v) is 5.57. The van der Waals surface area contributed by atoms with Crippen molar-refractivity contribution in [3.8, 4) is 5.75 Å². The number of carbonyl (C=O) groups excluding carboxylic acids is 1. The predicted octanol–water partition coefficient (Wildman–Crippen LogP) is 3.47. The van der Waals surface area contributed by atoms with Crippen LogP contribution in [0.15, 0.2) is 48.5 Å². The Morgan fingerprint density at radius 3 is 2.42 bits per heavy atom. The van der Waals surface area contributed by atoms with Gasteiger partial charge in [-0.3, -0.25) is 4.79 Å². The summed E-state index contributed by atoms with van der Waals surface area (Å²) in [6.07, 6.45) is 0. The van der Waals surface area contributed by atoms with Gasteiger partial charge in [-0.25, -0.2) is 0 Å². The summed E-state index contributed by atoms with van der Waals surface area (Å²) in [6.45, 7) is 0.813. The van der Waals surface area contributed by atoms with Crippen molar-refractivity contribution in [2.75, 3.05) is 0 Å². The van der Waals surface area contributed by atoms with Gasteiger partial charge >= 0.3 is 6.61 Å². The fourth-order valence-corrected chi connectivity index (χ4v) is 2.27. The number of nitrogens with one attached hydrogen (secondary N) is 1. The van der Waals surface area contributed by atoms with Crippen molar-refractivity contribution in [1.29, 1.82) is 0 Å². The molecule has 0 aliphatic heterocycles. The first-order chi connectivity index (χ1) is 11.4. The van der Waals surface area contributed by atoms with Crippen LogP contribution < -0.4 is 15.8 Å². The van der Waals surface area contributed by atoms with Crippen LogP contribution in [0.2, 0.25) is 0 Å². The summed E-state index contributed by atoms with van der Waals surface area (Å²) >= 11 is 0. The van der Waals surface area contributed by atoms with E-state index in [1.165, 1.54) is 12.1 Å². The maximum Gasteiger partial charge on any atom is 0.387 e. The number of benzene rings is 2. The molecule has 1 amide bonds. The van der Waals surface area contributed by atoms with Gasteiger partial charge in [-0.2, -0.15) is 8.78 Å². The molecule has 0 saturated heterocycles. The van der Waals surface area contributed by atoms with E-state index in [1.807, 2.05) is 19.1 Å². The molecule has 0 spiro atoms. The highest BCUT2D eigenvalue weighted by molar-refractivity contribution is 5.83. The van der Waals surface area contributed by atoms with Crippen molar-refractivity contribution in [2.45, 2.75) is 32.5 Å². The van der Waals surface area contributed by atoms with Crippen LogP contribution in [0, 0.1) is 6.92 Å². The van der Waals surface area contributed by atoms with Crippen LogP contribution in [0.1, 0.15) is 35.7 Å². The van der Waals surface area contributed by atoms with Crippen LogP contribution in [0.25, 0.3) is 0 Å². The van der Waals surface area contributed by atoms with E-state index in [2.05, 4.69) is 10.1 Å². The summed E-state index contributed by atoms with van der Waals surface area (Å²) < 4.78 is 28.9. The number of aryl methyl sites for hydroxylation is 1. The third-order valence-electron chi connectivity index (χ3n) is 3.66. The minimum Gasteiger partial charge on any atom is -0.435 e. The fraction of sp³-hybridized carbons (Fsp3) is 0.278. The summed E-state index contributed by atoms with van der Waals surface area (Å²) in [4.78, 5) is 12.3. The summed E-state index contributed by atoms with van der Waals surface area (Å²) in [5, 5.41) is 2.78. The van der Waals surface area contributed by atoms with Crippen molar-refractivity contribution in [3.63, 3.8) is 0 Å². The van der Waals surface area contributed by atoms with Crippen LogP contribution in [0.5, 0.6) is 5.75 Å². The SMILES string of the molecule is Cc1ccc(C(N)C(=O)NC(C)c2cccc(OC(F)F)c2)cc1. The zero-order chi connectivity index (χ0) is 17.7. The average Bonchev–Trinajstić information content (AvgIpc) is 2.54. The molecule has 0 radical (unpaired) electrons. The molecule has 2 unspecified atom stereocenters. The molecule has 2 aromatic carbocycles. The van der Waals surface area contributed by atoms with E-state index >= 15 is 0 Å². The van der Waals surface area contributed by atoms with E-state index in [-0.39, 0.29) is 11.7 Å². The van der Waals surface area contributed by atoms with Gasteiger partial charge < -0.3 is 15.8 Å². The quantitative estimate of drug-likeness (QED) is 0.850. The lowest BCUT2D eigenvalue weighted by molar-refractivity contribution is -0.123. The number of hydrogen-bond donors (Lipinski definition) is 2. The third kappa shape index (κ3) is 4.76. The Balaban J connectivity index is 2.04. The fourth-order valence-electron chi connectivity index (χ4n) is 2.27. The standard InChI is InChI=1S/C18H20F2N2O2/c1-11-6-8-13(9-7-11)16(21)17(23)22-12(2)14-4-3-5-15(10-14)24-18(19)20/h3-10,12,16,18H,21H2,1-2H3,(H,22,23). The molecule has 0 fully saturated rings. The summed E-state index contributed by atoms with van der Waals surface area (Å²) in [5.41, 5.74) is 8.41. The van der Waals surface area contributed by atoms with Gasteiger partial charge in [0, 0.05) is 0 Å². The number of rotatable bonds is 6. The molecule has 0 bridgehead atoms. The Labute approximate surface area is 139 Å². The molecule has 3 N–H and O–H groups in total. The van der Waals surface area contributed by atoms with E-state index in [1.54, 1.807) is 31.2 Å². The maximum absolute atomic E-state index is 12.3. The van der Waals surface area contributed by atoms with Gasteiger partial charge in [0.2, 0.25) is 5.91 Å². The average molecular weight is 334 g/mol. The van der Waals surface area contributed by atoms with Crippen molar-refractivity contribution < 1.29 is 18.3 Å². The number of amides is 1. The molecular formula is C18H20F2N2O2. The van der Waals surface area contributed by atoms with E-state index in [0.717, 1.165) is 5.56 Å². The Morgan fingerprint density at radius 1 is 1.12 bits per heavy atom. The van der Waals surface area contributed by atoms with Crippen LogP contribution in [-0.2, 0) is 4.79 Å². The molecule has 4 nitrogen and oxygen atoms in total. The molecule has 0 heterocycles. The monoisotopic (exact) mass is 334 g/mol. The Kier molecular flexibility index (Phi) is 5.87. The first kappa shape index (κ1) is 17.9. The van der Waals surface area contributed by atoms with Crippen molar-refractivity contribution >= 4 is 5.91 Å². The molecule has 2 rings (SSSR count). The molecule has 0 saturated carbocycles. The van der Waals surface area contributed by atoms with Crippen molar-refractivity contribution in [3.05, 3.63) is 65.2 Å². The lowest BCUT2D eigenvalue weighted by Crippen LogP contribution is -2.35. The molecular weight excluding hydrogens is 314 g/mol. The number of halogens is 2. The highest BCUT2D eigenvalue weighted by atomic mass is 19.3. The van der Waals surface area contributed by atoms with Gasteiger partial charge in [0.05, 0.1) is 6.04 Å². The lowest BCUT2D eigenvalue weighted by Gasteiger charge is -2.19. The first-order valence-electron chi connectivity index (χ1n) is 7.54. The highest BCUT2D eigenvalue weighted by Gasteiger charge is 2.18. The summed E-state index contributed by atoms with van der Waals surface area (Å²) in [5.74, 6) is -0.294. The number of hydrogen-bond acceptors (Lipinski definition) is 3. The van der Waals surface area contributed by atoms with Gasteiger partial charge in [-0.1, -0.05) is 42.0 Å². The van der Waals surface area contributed by atoms with Crippen molar-refractivity contribution in [2.24, 2.45) is 5.73 Å². The molecule has 24 heavy (non-hydrogen) atoms. The van der Waals surface area contributed by atoms with Gasteiger partial charge in [-0.05, 0) is 37.1 Å². The predicted molar refractivity (Wildman–Crippen MR) is 87.7 cm³/mol. The van der Waals surface area contributed by atoms with E-state index in [4.69, 9.17) is 5.73 Å². The van der Waals surface area contributed by atoms with Gasteiger partial charge in [0.1, 0.15) is 11.8 Å². The zero-order valence-electron chi connectivity index (χ0n) is 13.5. The second-order valence-electron chi connectivity index (χ2n) is 5.57. The molecule has 0 aliphatic carbocycles. The molecule has 6 heteroatoms. The Morgan fingerprint density at radius 2 is 1.79 bits per heavy atom. The van der Waals surface area contributed by atoms with Gasteiger partial charge in [-0.15, -0.1) is 0 Å². The normalized spacial score (nSPS) is 13.4. The maximum atomic E-state index is 12.3. The minimum atomic E-state index is -2.89. The lowest BCUT2D eigenvalue weighted by atomic mass is 10.0. The smallest absolute Gasteiger partial charge is 0.387 e. The molecule has 0 aliphatic rings. The van der Waals surface area contributed by atoms with Gasteiger partial charge in [0.15, 0.2) is 0 Å². The third-order valence-corrected chi connectivity index (χ3v) is 3.66. The number of carbonyl (C=O) groups is 1. The van der Waals surface area contributed by atoms with E-state index < -0.39 is 18.7 Å². The topological polar surface area (TPSA) is 64.4 Å². The zero-order valence-corrected chi connectivity index (χ0v) is 13.5. The summed E-state index contributed by atoms with van der Waals surface area (Å²) in [6, 6.07) is 12.4. The molecule has 0 aromatic heterocycles. The summed E-state index contributed by atoms with van der Waals surface area (Å²) in [7, 11) is 0. The molecule has 128 valence electrons. The molecule has 2 atom stereocenters.